The van der Waals surface area contributed by atoms with Gasteiger partial charge in [-0.05, 0) is 12.1 Å². The Morgan fingerprint density at radius 2 is 2.35 bits per heavy atom. The quantitative estimate of drug-likeness (QED) is 0.855. The average Bonchev–Trinajstić information content (AvgIpc) is 2.77. The number of amides is 1. The predicted molar refractivity (Wildman–Crippen MR) is 60.1 cm³/mol. The molecule has 2 heterocycles. The van der Waals surface area contributed by atoms with Crippen LogP contribution in [0.4, 0.5) is 5.95 Å². The number of carbonyl (C=O) groups excluding carboxylic acids is 1. The first-order valence-corrected chi connectivity index (χ1v) is 4.96. The fourth-order valence-electron chi connectivity index (χ4n) is 1.08. The van der Waals surface area contributed by atoms with Crippen molar-refractivity contribution < 1.29 is 9.53 Å². The molecule has 2 aromatic heterocycles. The second kappa shape index (κ2) is 4.79. The summed E-state index contributed by atoms with van der Waals surface area (Å²) in [4.78, 5) is 19.4. The minimum atomic E-state index is -0.416. The fourth-order valence-corrected chi connectivity index (χ4v) is 1.19. The number of pyridine rings is 1. The van der Waals surface area contributed by atoms with Gasteiger partial charge in [0.15, 0.2) is 0 Å². The smallest absolute Gasteiger partial charge is 0.336 e. The van der Waals surface area contributed by atoms with Gasteiger partial charge in [0.25, 0.3) is 5.91 Å². The van der Waals surface area contributed by atoms with Crippen molar-refractivity contribution in [1.82, 2.24) is 20.2 Å². The molecule has 0 bridgehead atoms. The molecule has 0 spiro atoms. The van der Waals surface area contributed by atoms with Crippen LogP contribution in [0.1, 0.15) is 10.5 Å². The van der Waals surface area contributed by atoms with E-state index < -0.39 is 5.91 Å². The molecule has 0 atom stereocenters. The molecule has 2 aromatic rings. The Hall–Kier alpha value is -2.15. The number of nitrogens with one attached hydrogen (secondary N) is 2. The minimum Gasteiger partial charge on any atom is -0.466 e. The van der Waals surface area contributed by atoms with Crippen molar-refractivity contribution in [2.24, 2.45) is 0 Å². The number of anilines is 1. The molecule has 8 heteroatoms. The molecule has 2 N–H and O–H groups in total. The van der Waals surface area contributed by atoms with Gasteiger partial charge in [-0.3, -0.25) is 10.1 Å². The van der Waals surface area contributed by atoms with Gasteiger partial charge in [0.1, 0.15) is 5.69 Å². The lowest BCUT2D eigenvalue weighted by Crippen LogP contribution is -2.14. The number of H-pyrrole nitrogens is 1. The van der Waals surface area contributed by atoms with Crippen molar-refractivity contribution >= 4 is 23.5 Å². The number of aromatic nitrogens is 4. The molecule has 0 saturated heterocycles. The summed E-state index contributed by atoms with van der Waals surface area (Å²) in [6.07, 6.45) is 1.39. The summed E-state index contributed by atoms with van der Waals surface area (Å²) in [6.45, 7) is 0. The number of halogens is 1. The summed E-state index contributed by atoms with van der Waals surface area (Å²) in [7, 11) is 1.43. The Labute approximate surface area is 101 Å². The third-order valence-corrected chi connectivity index (χ3v) is 2.06. The first-order valence-electron chi connectivity index (χ1n) is 4.58. The molecule has 0 aliphatic carbocycles. The van der Waals surface area contributed by atoms with Crippen LogP contribution >= 0.6 is 11.6 Å². The molecular formula is C9H8ClN5O2. The summed E-state index contributed by atoms with van der Waals surface area (Å²) in [5.74, 6) is -0.232. The number of hydrogen-bond acceptors (Lipinski definition) is 5. The van der Waals surface area contributed by atoms with Gasteiger partial charge in [0.2, 0.25) is 5.95 Å². The molecule has 7 nitrogen and oxygen atoms in total. The summed E-state index contributed by atoms with van der Waals surface area (Å²) in [6, 6.07) is 3.22. The highest BCUT2D eigenvalue weighted by Gasteiger charge is 2.10. The average molecular weight is 254 g/mol. The van der Waals surface area contributed by atoms with E-state index in [2.05, 4.69) is 25.5 Å². The zero-order valence-corrected chi connectivity index (χ0v) is 9.52. The molecule has 88 valence electrons. The highest BCUT2D eigenvalue weighted by Crippen LogP contribution is 2.09. The monoisotopic (exact) mass is 253 g/mol. The lowest BCUT2D eigenvalue weighted by Gasteiger charge is -1.99. The van der Waals surface area contributed by atoms with Crippen molar-refractivity contribution in [3.63, 3.8) is 0 Å². The molecule has 2 rings (SSSR count). The van der Waals surface area contributed by atoms with Crippen LogP contribution in [0.15, 0.2) is 18.3 Å². The maximum Gasteiger partial charge on any atom is 0.336 e. The van der Waals surface area contributed by atoms with Crippen LogP contribution in [0.3, 0.4) is 0 Å². The van der Waals surface area contributed by atoms with Crippen molar-refractivity contribution in [2.45, 2.75) is 0 Å². The Kier molecular flexibility index (Phi) is 3.20. The third kappa shape index (κ3) is 2.70. The molecule has 0 aliphatic rings. The van der Waals surface area contributed by atoms with Crippen LogP contribution in [0.2, 0.25) is 5.02 Å². The van der Waals surface area contributed by atoms with Gasteiger partial charge in [0.05, 0.1) is 12.1 Å². The number of rotatable bonds is 3. The van der Waals surface area contributed by atoms with Gasteiger partial charge < -0.3 is 4.74 Å². The first-order chi connectivity index (χ1) is 8.19. The molecule has 0 aliphatic heterocycles. The normalized spacial score (nSPS) is 10.0. The lowest BCUT2D eigenvalue weighted by atomic mass is 10.3. The van der Waals surface area contributed by atoms with Gasteiger partial charge in [-0.25, -0.2) is 10.1 Å². The Morgan fingerprint density at radius 1 is 1.53 bits per heavy atom. The van der Waals surface area contributed by atoms with E-state index in [0.29, 0.717) is 5.02 Å². The molecule has 0 aromatic carbocycles. The molecule has 17 heavy (non-hydrogen) atoms. The Bertz CT molecular complexity index is 524. The van der Waals surface area contributed by atoms with E-state index in [-0.39, 0.29) is 17.7 Å². The predicted octanol–water partition coefficient (Wildman–Crippen LogP) is 1.11. The van der Waals surface area contributed by atoms with Crippen molar-refractivity contribution in [1.29, 1.82) is 0 Å². The second-order valence-corrected chi connectivity index (χ2v) is 3.42. The van der Waals surface area contributed by atoms with Crippen molar-refractivity contribution in [2.75, 3.05) is 12.4 Å². The summed E-state index contributed by atoms with van der Waals surface area (Å²) >= 11 is 5.66. The van der Waals surface area contributed by atoms with Crippen LogP contribution in [0.5, 0.6) is 6.01 Å². The highest BCUT2D eigenvalue weighted by molar-refractivity contribution is 6.30. The number of ether oxygens (including phenoxy) is 1. The van der Waals surface area contributed by atoms with Crippen molar-refractivity contribution in [3.05, 3.63) is 29.0 Å². The third-order valence-electron chi connectivity index (χ3n) is 1.84. The minimum absolute atomic E-state index is 0.143. The maximum absolute atomic E-state index is 11.7. The Balaban J connectivity index is 2.08. The molecular weight excluding hydrogens is 246 g/mol. The van der Waals surface area contributed by atoms with E-state index in [9.17, 15) is 4.79 Å². The van der Waals surface area contributed by atoms with E-state index in [4.69, 9.17) is 16.3 Å². The molecule has 0 saturated carbocycles. The van der Waals surface area contributed by atoms with E-state index in [1.54, 1.807) is 6.07 Å². The highest BCUT2D eigenvalue weighted by atomic mass is 35.5. The summed E-state index contributed by atoms with van der Waals surface area (Å²) in [5, 5.41) is 9.12. The Morgan fingerprint density at radius 3 is 2.94 bits per heavy atom. The van der Waals surface area contributed by atoms with Gasteiger partial charge in [-0.2, -0.15) is 4.98 Å². The van der Waals surface area contributed by atoms with Crippen LogP contribution in [0.25, 0.3) is 0 Å². The van der Waals surface area contributed by atoms with Gasteiger partial charge in [-0.1, -0.05) is 11.6 Å². The van der Waals surface area contributed by atoms with E-state index in [1.165, 1.54) is 19.4 Å². The topological polar surface area (TPSA) is 92.8 Å². The van der Waals surface area contributed by atoms with Gasteiger partial charge in [0, 0.05) is 6.20 Å². The molecule has 0 radical (unpaired) electrons. The number of hydrogen-bond donors (Lipinski definition) is 2. The fraction of sp³-hybridized carbons (Fsp3) is 0.111. The lowest BCUT2D eigenvalue weighted by molar-refractivity contribution is 0.102. The van der Waals surface area contributed by atoms with Crippen LogP contribution in [-0.4, -0.2) is 33.2 Å². The zero-order chi connectivity index (χ0) is 12.3. The van der Waals surface area contributed by atoms with Crippen LogP contribution in [0, 0.1) is 0 Å². The van der Waals surface area contributed by atoms with E-state index >= 15 is 0 Å². The largest absolute Gasteiger partial charge is 0.466 e. The summed E-state index contributed by atoms with van der Waals surface area (Å²) < 4.78 is 4.76. The molecule has 0 unspecified atom stereocenters. The zero-order valence-electron chi connectivity index (χ0n) is 8.77. The van der Waals surface area contributed by atoms with Crippen LogP contribution in [-0.2, 0) is 0 Å². The van der Waals surface area contributed by atoms with Gasteiger partial charge >= 0.3 is 6.01 Å². The number of methoxy groups -OCH3 is 1. The van der Waals surface area contributed by atoms with Crippen molar-refractivity contribution in [3.8, 4) is 6.01 Å². The van der Waals surface area contributed by atoms with Crippen LogP contribution < -0.4 is 10.1 Å². The number of nitrogens with zero attached hydrogens (tertiary/aromatic N) is 3. The SMILES string of the molecule is COc1n[nH]c(NC(=O)c2ccc(Cl)cn2)n1. The first kappa shape index (κ1) is 11.3. The number of aromatic amines is 1. The number of carbonyl (C=O) groups is 1. The van der Waals surface area contributed by atoms with E-state index in [1.807, 2.05) is 0 Å². The standard InChI is InChI=1S/C9H8ClN5O2/c1-17-9-13-8(14-15-9)12-7(16)6-3-2-5(10)4-11-6/h2-4H,1H3,(H2,12,13,14,15,16). The second-order valence-electron chi connectivity index (χ2n) is 2.99. The summed E-state index contributed by atoms with van der Waals surface area (Å²) in [5.41, 5.74) is 0.227. The van der Waals surface area contributed by atoms with E-state index in [0.717, 1.165) is 0 Å². The molecule has 1 amide bonds. The molecule has 0 fully saturated rings. The van der Waals surface area contributed by atoms with Gasteiger partial charge in [-0.15, -0.1) is 5.10 Å². The maximum atomic E-state index is 11.7.